The number of hydrogen-bond donors (Lipinski definition) is 1. The van der Waals surface area contributed by atoms with Crippen LogP contribution in [0.2, 0.25) is 0 Å². The largest absolute Gasteiger partial charge is 0.481 e. The SMILES string of the molecule is CC1(C(=O)O)CCN(C(=O)c2ccccc2Br)C1. The summed E-state index contributed by atoms with van der Waals surface area (Å²) < 4.78 is 0.735. The summed E-state index contributed by atoms with van der Waals surface area (Å²) >= 11 is 3.34. The molecule has 5 heteroatoms. The van der Waals surface area contributed by atoms with Crippen molar-refractivity contribution in [2.24, 2.45) is 5.41 Å². The highest BCUT2D eigenvalue weighted by Gasteiger charge is 2.42. The lowest BCUT2D eigenvalue weighted by Gasteiger charge is -2.20. The molecule has 4 nitrogen and oxygen atoms in total. The lowest BCUT2D eigenvalue weighted by molar-refractivity contribution is -0.147. The van der Waals surface area contributed by atoms with Crippen LogP contribution in [0.5, 0.6) is 0 Å². The lowest BCUT2D eigenvalue weighted by atomic mass is 9.90. The second kappa shape index (κ2) is 4.72. The first-order chi connectivity index (χ1) is 8.44. The summed E-state index contributed by atoms with van der Waals surface area (Å²) in [6.45, 7) is 2.44. The zero-order valence-corrected chi connectivity index (χ0v) is 11.6. The number of nitrogens with zero attached hydrogens (tertiary/aromatic N) is 1. The second-order valence-electron chi connectivity index (χ2n) is 4.82. The summed E-state index contributed by atoms with van der Waals surface area (Å²) in [5.74, 6) is -0.961. The van der Waals surface area contributed by atoms with E-state index in [9.17, 15) is 9.59 Å². The molecule has 1 atom stereocenters. The Kier molecular flexibility index (Phi) is 3.43. The average Bonchev–Trinajstić information content (AvgIpc) is 2.73. The van der Waals surface area contributed by atoms with Crippen LogP contribution in [0.1, 0.15) is 23.7 Å². The van der Waals surface area contributed by atoms with Crippen LogP contribution in [0.3, 0.4) is 0 Å². The van der Waals surface area contributed by atoms with Crippen molar-refractivity contribution in [3.05, 3.63) is 34.3 Å². The van der Waals surface area contributed by atoms with Gasteiger partial charge in [0.05, 0.1) is 11.0 Å². The van der Waals surface area contributed by atoms with Gasteiger partial charge in [-0.2, -0.15) is 0 Å². The van der Waals surface area contributed by atoms with Gasteiger partial charge in [0.15, 0.2) is 0 Å². The van der Waals surface area contributed by atoms with E-state index in [-0.39, 0.29) is 12.5 Å². The molecular formula is C13H14BrNO3. The number of carboxylic acids is 1. The molecule has 1 saturated heterocycles. The minimum Gasteiger partial charge on any atom is -0.481 e. The van der Waals surface area contributed by atoms with E-state index in [1.54, 1.807) is 30.0 Å². The van der Waals surface area contributed by atoms with Gasteiger partial charge in [-0.25, -0.2) is 0 Å². The Bertz CT molecular complexity index is 503. The van der Waals surface area contributed by atoms with Crippen molar-refractivity contribution in [2.45, 2.75) is 13.3 Å². The summed E-state index contributed by atoms with van der Waals surface area (Å²) in [6, 6.07) is 7.18. The van der Waals surface area contributed by atoms with Crippen molar-refractivity contribution >= 4 is 27.8 Å². The smallest absolute Gasteiger partial charge is 0.311 e. The highest BCUT2D eigenvalue weighted by Crippen LogP contribution is 2.31. The van der Waals surface area contributed by atoms with Crippen LogP contribution in [0.25, 0.3) is 0 Å². The van der Waals surface area contributed by atoms with Crippen molar-refractivity contribution in [2.75, 3.05) is 13.1 Å². The van der Waals surface area contributed by atoms with Crippen molar-refractivity contribution in [1.82, 2.24) is 4.90 Å². The highest BCUT2D eigenvalue weighted by atomic mass is 79.9. The fourth-order valence-corrected chi connectivity index (χ4v) is 2.57. The minimum absolute atomic E-state index is 0.118. The Morgan fingerprint density at radius 1 is 1.39 bits per heavy atom. The molecule has 18 heavy (non-hydrogen) atoms. The van der Waals surface area contributed by atoms with Crippen LogP contribution in [-0.2, 0) is 4.79 Å². The monoisotopic (exact) mass is 311 g/mol. The Hall–Kier alpha value is -1.36. The Balaban J connectivity index is 2.18. The van der Waals surface area contributed by atoms with Gasteiger partial charge in [-0.1, -0.05) is 12.1 Å². The standard InChI is InChI=1S/C13H14BrNO3/c1-13(12(17)18)6-7-15(8-13)11(16)9-4-2-3-5-10(9)14/h2-5H,6-8H2,1H3,(H,17,18). The van der Waals surface area contributed by atoms with Gasteiger partial charge in [0.25, 0.3) is 5.91 Å². The van der Waals surface area contributed by atoms with E-state index in [0.717, 1.165) is 4.47 Å². The third-order valence-electron chi connectivity index (χ3n) is 3.38. The van der Waals surface area contributed by atoms with E-state index in [2.05, 4.69) is 15.9 Å². The number of hydrogen-bond acceptors (Lipinski definition) is 2. The number of carbonyl (C=O) groups is 2. The normalized spacial score (nSPS) is 23.1. The predicted octanol–water partition coefficient (Wildman–Crippen LogP) is 2.39. The molecule has 0 bridgehead atoms. The number of rotatable bonds is 2. The third kappa shape index (κ3) is 2.27. The maximum Gasteiger partial charge on any atom is 0.311 e. The van der Waals surface area contributed by atoms with E-state index in [1.165, 1.54) is 0 Å². The van der Waals surface area contributed by atoms with Gasteiger partial charge in [0.2, 0.25) is 0 Å². The van der Waals surface area contributed by atoms with Crippen molar-refractivity contribution in [1.29, 1.82) is 0 Å². The molecular weight excluding hydrogens is 298 g/mol. The molecule has 1 amide bonds. The first-order valence-electron chi connectivity index (χ1n) is 5.71. The fraction of sp³-hybridized carbons (Fsp3) is 0.385. The molecule has 1 unspecified atom stereocenters. The van der Waals surface area contributed by atoms with Crippen molar-refractivity contribution in [3.63, 3.8) is 0 Å². The fourth-order valence-electron chi connectivity index (χ4n) is 2.11. The highest BCUT2D eigenvalue weighted by molar-refractivity contribution is 9.10. The number of amides is 1. The molecule has 1 heterocycles. The number of likely N-dealkylation sites (tertiary alicyclic amines) is 1. The van der Waals surface area contributed by atoms with Crippen LogP contribution >= 0.6 is 15.9 Å². The van der Waals surface area contributed by atoms with Gasteiger partial charge in [-0.3, -0.25) is 9.59 Å². The first kappa shape index (κ1) is 13.1. The Morgan fingerprint density at radius 2 is 2.06 bits per heavy atom. The lowest BCUT2D eigenvalue weighted by Crippen LogP contribution is -2.35. The predicted molar refractivity (Wildman–Crippen MR) is 70.4 cm³/mol. The molecule has 96 valence electrons. The summed E-state index contributed by atoms with van der Waals surface area (Å²) in [5.41, 5.74) is -0.246. The zero-order valence-electron chi connectivity index (χ0n) is 10.0. The number of aliphatic carboxylic acids is 1. The summed E-state index contributed by atoms with van der Waals surface area (Å²) in [4.78, 5) is 25.0. The molecule has 2 rings (SSSR count). The third-order valence-corrected chi connectivity index (χ3v) is 4.07. The van der Waals surface area contributed by atoms with Gasteiger partial charge in [0.1, 0.15) is 0 Å². The van der Waals surface area contributed by atoms with E-state index in [1.807, 2.05) is 6.07 Å². The van der Waals surface area contributed by atoms with Crippen molar-refractivity contribution < 1.29 is 14.7 Å². The molecule has 0 saturated carbocycles. The maximum absolute atomic E-state index is 12.3. The molecule has 0 aromatic heterocycles. The Morgan fingerprint density at radius 3 is 2.61 bits per heavy atom. The van der Waals surface area contributed by atoms with Crippen LogP contribution in [0.4, 0.5) is 0 Å². The van der Waals surface area contributed by atoms with Crippen molar-refractivity contribution in [3.8, 4) is 0 Å². The van der Waals surface area contributed by atoms with E-state index >= 15 is 0 Å². The first-order valence-corrected chi connectivity index (χ1v) is 6.50. The molecule has 0 aliphatic carbocycles. The van der Waals surface area contributed by atoms with Gasteiger partial charge in [-0.15, -0.1) is 0 Å². The molecule has 1 aliphatic rings. The van der Waals surface area contributed by atoms with E-state index in [4.69, 9.17) is 5.11 Å². The summed E-state index contributed by atoms with van der Waals surface area (Å²) in [5, 5.41) is 9.15. The molecule has 0 spiro atoms. The topological polar surface area (TPSA) is 57.6 Å². The van der Waals surface area contributed by atoms with Crippen LogP contribution in [0, 0.1) is 5.41 Å². The van der Waals surface area contributed by atoms with Gasteiger partial charge >= 0.3 is 5.97 Å². The molecule has 1 aromatic carbocycles. The number of halogens is 1. The number of carboxylic acid groups (broad SMARTS) is 1. The van der Waals surface area contributed by atoms with Gasteiger partial charge in [-0.05, 0) is 41.4 Å². The molecule has 1 fully saturated rings. The van der Waals surface area contributed by atoms with Gasteiger partial charge < -0.3 is 10.0 Å². The molecule has 0 radical (unpaired) electrons. The minimum atomic E-state index is -0.843. The van der Waals surface area contributed by atoms with E-state index in [0.29, 0.717) is 18.5 Å². The average molecular weight is 312 g/mol. The van der Waals surface area contributed by atoms with E-state index < -0.39 is 11.4 Å². The maximum atomic E-state index is 12.3. The van der Waals surface area contributed by atoms with Crippen LogP contribution in [-0.4, -0.2) is 35.0 Å². The second-order valence-corrected chi connectivity index (χ2v) is 5.68. The zero-order chi connectivity index (χ0) is 13.3. The summed E-state index contributed by atoms with van der Waals surface area (Å²) in [7, 11) is 0. The molecule has 1 aromatic rings. The number of benzene rings is 1. The Labute approximate surface area is 114 Å². The van der Waals surface area contributed by atoms with Crippen LogP contribution in [0.15, 0.2) is 28.7 Å². The van der Waals surface area contributed by atoms with Crippen LogP contribution < -0.4 is 0 Å². The quantitative estimate of drug-likeness (QED) is 0.912. The number of carbonyl (C=O) groups excluding carboxylic acids is 1. The molecule has 1 N–H and O–H groups in total. The van der Waals surface area contributed by atoms with Gasteiger partial charge in [0, 0.05) is 17.6 Å². The summed E-state index contributed by atoms with van der Waals surface area (Å²) in [6.07, 6.45) is 0.499. The molecule has 1 aliphatic heterocycles.